The van der Waals surface area contributed by atoms with Crippen LogP contribution in [0.25, 0.3) is 0 Å². The predicted octanol–water partition coefficient (Wildman–Crippen LogP) is 3.26. The summed E-state index contributed by atoms with van der Waals surface area (Å²) in [5.74, 6) is 2.55. The molecule has 1 aromatic carbocycles. The van der Waals surface area contributed by atoms with Gasteiger partial charge in [0.25, 0.3) is 0 Å². The fourth-order valence-corrected chi connectivity index (χ4v) is 3.91. The lowest BCUT2D eigenvalue weighted by atomic mass is 10.1. The van der Waals surface area contributed by atoms with Gasteiger partial charge in [-0.05, 0) is 30.4 Å². The Morgan fingerprint density at radius 2 is 1.96 bits per heavy atom. The van der Waals surface area contributed by atoms with Gasteiger partial charge in [-0.25, -0.2) is 0 Å². The third-order valence-electron chi connectivity index (χ3n) is 4.51. The molecular weight excluding hydrogens is 328 g/mol. The van der Waals surface area contributed by atoms with E-state index in [-0.39, 0.29) is 12.4 Å². The second-order valence-corrected chi connectivity index (χ2v) is 7.50. The van der Waals surface area contributed by atoms with Crippen molar-refractivity contribution in [3.05, 3.63) is 35.4 Å². The first-order valence-corrected chi connectivity index (χ1v) is 9.60. The zero-order valence-electron chi connectivity index (χ0n) is 13.8. The molecule has 1 aliphatic heterocycles. The first-order chi connectivity index (χ1) is 10.8. The standard InChI is InChI=1S/C18H26N2OS.ClH/c1-2-14-3-5-15(6-4-14)12-20(17-7-8-17)18(21)11-16-13-22-10-9-19-16;/h3-6,16-17,19H,2,7-13H2,1H3;1H. The quantitative estimate of drug-likeness (QED) is 0.851. The Balaban J connectivity index is 0.00000192. The molecule has 128 valence electrons. The number of hydrogen-bond donors (Lipinski definition) is 1. The maximum atomic E-state index is 12.7. The van der Waals surface area contributed by atoms with Gasteiger partial charge < -0.3 is 10.2 Å². The molecular formula is C18H27ClN2OS. The number of carbonyl (C=O) groups is 1. The molecule has 0 radical (unpaired) electrons. The molecule has 3 rings (SSSR count). The molecule has 0 aromatic heterocycles. The molecule has 23 heavy (non-hydrogen) atoms. The van der Waals surface area contributed by atoms with Gasteiger partial charge in [0.2, 0.25) is 5.91 Å². The SMILES string of the molecule is CCc1ccc(CN(C(=O)CC2CSCCN2)C2CC2)cc1.Cl. The molecule has 1 atom stereocenters. The maximum absolute atomic E-state index is 12.7. The van der Waals surface area contributed by atoms with Crippen molar-refractivity contribution < 1.29 is 4.79 Å². The molecule has 1 saturated heterocycles. The minimum atomic E-state index is 0. The topological polar surface area (TPSA) is 32.3 Å². The van der Waals surface area contributed by atoms with Gasteiger partial charge in [0.1, 0.15) is 0 Å². The molecule has 0 spiro atoms. The fourth-order valence-electron chi connectivity index (χ4n) is 2.96. The fraction of sp³-hybridized carbons (Fsp3) is 0.611. The Morgan fingerprint density at radius 1 is 1.26 bits per heavy atom. The first kappa shape index (κ1) is 18.6. The van der Waals surface area contributed by atoms with Crippen LogP contribution in [0.15, 0.2) is 24.3 Å². The molecule has 2 aliphatic rings. The normalized spacial score (nSPS) is 20.7. The predicted molar refractivity (Wildman–Crippen MR) is 100 cm³/mol. The lowest BCUT2D eigenvalue weighted by molar-refractivity contribution is -0.132. The van der Waals surface area contributed by atoms with Gasteiger partial charge in [0.05, 0.1) is 0 Å². The zero-order valence-corrected chi connectivity index (χ0v) is 15.4. The Hall–Kier alpha value is -0.710. The van der Waals surface area contributed by atoms with E-state index in [1.54, 1.807) is 0 Å². The van der Waals surface area contributed by atoms with Gasteiger partial charge in [-0.2, -0.15) is 11.8 Å². The van der Waals surface area contributed by atoms with E-state index in [0.29, 0.717) is 24.4 Å². The van der Waals surface area contributed by atoms with E-state index in [0.717, 1.165) is 25.3 Å². The lowest BCUT2D eigenvalue weighted by Gasteiger charge is -2.27. The van der Waals surface area contributed by atoms with Crippen LogP contribution in [0, 0.1) is 0 Å². The zero-order chi connectivity index (χ0) is 15.4. The van der Waals surface area contributed by atoms with Crippen molar-refractivity contribution in [3.8, 4) is 0 Å². The molecule has 1 aliphatic carbocycles. The van der Waals surface area contributed by atoms with E-state index in [1.165, 1.54) is 29.7 Å². The van der Waals surface area contributed by atoms with E-state index in [9.17, 15) is 4.79 Å². The number of nitrogens with one attached hydrogen (secondary N) is 1. The molecule has 1 unspecified atom stereocenters. The Bertz CT molecular complexity index is 498. The van der Waals surface area contributed by atoms with E-state index in [4.69, 9.17) is 0 Å². The summed E-state index contributed by atoms with van der Waals surface area (Å²) in [4.78, 5) is 14.8. The summed E-state index contributed by atoms with van der Waals surface area (Å²) in [5, 5.41) is 3.47. The number of nitrogens with zero attached hydrogens (tertiary/aromatic N) is 1. The summed E-state index contributed by atoms with van der Waals surface area (Å²) in [5.41, 5.74) is 2.61. The van der Waals surface area contributed by atoms with Gasteiger partial charge in [0.15, 0.2) is 0 Å². The van der Waals surface area contributed by atoms with Gasteiger partial charge in [-0.15, -0.1) is 12.4 Å². The highest BCUT2D eigenvalue weighted by Crippen LogP contribution is 2.29. The monoisotopic (exact) mass is 354 g/mol. The van der Waals surface area contributed by atoms with Crippen LogP contribution >= 0.6 is 24.2 Å². The number of hydrogen-bond acceptors (Lipinski definition) is 3. The van der Waals surface area contributed by atoms with Crippen LogP contribution < -0.4 is 5.32 Å². The molecule has 2 fully saturated rings. The van der Waals surface area contributed by atoms with Crippen LogP contribution in [0.4, 0.5) is 0 Å². The van der Waals surface area contributed by atoms with Crippen molar-refractivity contribution in [2.24, 2.45) is 0 Å². The molecule has 3 nitrogen and oxygen atoms in total. The van der Waals surface area contributed by atoms with Crippen molar-refractivity contribution in [1.29, 1.82) is 0 Å². The van der Waals surface area contributed by atoms with E-state index in [2.05, 4.69) is 41.4 Å². The molecule has 0 bridgehead atoms. The molecule has 1 N–H and O–H groups in total. The second-order valence-electron chi connectivity index (χ2n) is 6.35. The van der Waals surface area contributed by atoms with Crippen LogP contribution in [0.1, 0.15) is 37.3 Å². The first-order valence-electron chi connectivity index (χ1n) is 8.44. The second kappa shape index (κ2) is 8.95. The number of thioether (sulfide) groups is 1. The van der Waals surface area contributed by atoms with Crippen molar-refractivity contribution >= 4 is 30.1 Å². The van der Waals surface area contributed by atoms with Crippen molar-refractivity contribution in [3.63, 3.8) is 0 Å². The highest BCUT2D eigenvalue weighted by atomic mass is 35.5. The number of halogens is 1. The average molecular weight is 355 g/mol. The highest BCUT2D eigenvalue weighted by Gasteiger charge is 2.33. The van der Waals surface area contributed by atoms with Crippen molar-refractivity contribution in [1.82, 2.24) is 10.2 Å². The molecule has 5 heteroatoms. The Kier molecular flexibility index (Phi) is 7.25. The van der Waals surface area contributed by atoms with Crippen LogP contribution in [0.3, 0.4) is 0 Å². The maximum Gasteiger partial charge on any atom is 0.224 e. The molecule has 1 saturated carbocycles. The lowest BCUT2D eigenvalue weighted by Crippen LogP contribution is -2.43. The summed E-state index contributed by atoms with van der Waals surface area (Å²) in [6.07, 6.45) is 4.06. The van der Waals surface area contributed by atoms with E-state index in [1.807, 2.05) is 11.8 Å². The van der Waals surface area contributed by atoms with Crippen LogP contribution in [0.2, 0.25) is 0 Å². The minimum Gasteiger partial charge on any atom is -0.335 e. The van der Waals surface area contributed by atoms with Crippen LogP contribution in [-0.2, 0) is 17.8 Å². The average Bonchev–Trinajstić information content (AvgIpc) is 3.39. The number of carbonyl (C=O) groups excluding carboxylic acids is 1. The van der Waals surface area contributed by atoms with Gasteiger partial charge in [0, 0.05) is 43.1 Å². The van der Waals surface area contributed by atoms with Gasteiger partial charge >= 0.3 is 0 Å². The Labute approximate surface area is 150 Å². The number of aryl methyl sites for hydroxylation is 1. The van der Waals surface area contributed by atoms with Crippen molar-refractivity contribution in [2.45, 2.75) is 51.2 Å². The highest BCUT2D eigenvalue weighted by molar-refractivity contribution is 7.99. The van der Waals surface area contributed by atoms with Gasteiger partial charge in [-0.1, -0.05) is 31.2 Å². The molecule has 1 aromatic rings. The van der Waals surface area contributed by atoms with Crippen molar-refractivity contribution in [2.75, 3.05) is 18.1 Å². The largest absolute Gasteiger partial charge is 0.335 e. The summed E-state index contributed by atoms with van der Waals surface area (Å²) < 4.78 is 0. The number of amides is 1. The number of benzene rings is 1. The van der Waals surface area contributed by atoms with Crippen LogP contribution in [-0.4, -0.2) is 40.9 Å². The smallest absolute Gasteiger partial charge is 0.224 e. The summed E-state index contributed by atoms with van der Waals surface area (Å²) in [7, 11) is 0. The Morgan fingerprint density at radius 3 is 2.52 bits per heavy atom. The number of rotatable bonds is 6. The third-order valence-corrected chi connectivity index (χ3v) is 5.64. The third kappa shape index (κ3) is 5.40. The van der Waals surface area contributed by atoms with Crippen LogP contribution in [0.5, 0.6) is 0 Å². The van der Waals surface area contributed by atoms with Gasteiger partial charge in [-0.3, -0.25) is 4.79 Å². The van der Waals surface area contributed by atoms with E-state index >= 15 is 0 Å². The minimum absolute atomic E-state index is 0. The summed E-state index contributed by atoms with van der Waals surface area (Å²) in [6.45, 7) is 3.97. The molecule has 1 heterocycles. The van der Waals surface area contributed by atoms with E-state index < -0.39 is 0 Å². The summed E-state index contributed by atoms with van der Waals surface area (Å²) >= 11 is 1.96. The molecule has 1 amide bonds. The summed E-state index contributed by atoms with van der Waals surface area (Å²) in [6, 6.07) is 9.56.